The summed E-state index contributed by atoms with van der Waals surface area (Å²) in [5.74, 6) is 0.797. The average Bonchev–Trinajstić information content (AvgIpc) is 2.45. The van der Waals surface area contributed by atoms with Crippen LogP contribution in [-0.2, 0) is 0 Å². The van der Waals surface area contributed by atoms with Crippen molar-refractivity contribution in [2.24, 2.45) is 0 Å². The molecule has 0 saturated heterocycles. The summed E-state index contributed by atoms with van der Waals surface area (Å²) in [5, 5.41) is 15.2. The van der Waals surface area contributed by atoms with E-state index in [9.17, 15) is 4.79 Å². The van der Waals surface area contributed by atoms with E-state index in [2.05, 4.69) is 10.6 Å². The molecule has 0 aromatic heterocycles. The van der Waals surface area contributed by atoms with Gasteiger partial charge in [0, 0.05) is 34.9 Å². The standard InChI is InChI=1S/C14H21ClN2O2S/c1-2-12(7-9-18)17-14(19)16-8-10-20-13-5-3-11(15)4-6-13/h3-6,12,18H,2,7-10H2,1H3,(H2,16,17,19). The number of urea groups is 1. The molecule has 0 radical (unpaired) electrons. The van der Waals surface area contributed by atoms with E-state index in [1.54, 1.807) is 11.8 Å². The zero-order valence-corrected chi connectivity index (χ0v) is 13.1. The fourth-order valence-electron chi connectivity index (χ4n) is 1.63. The van der Waals surface area contributed by atoms with E-state index in [4.69, 9.17) is 16.7 Å². The molecular weight excluding hydrogens is 296 g/mol. The Morgan fingerprint density at radius 1 is 1.40 bits per heavy atom. The van der Waals surface area contributed by atoms with Crippen LogP contribution < -0.4 is 10.6 Å². The summed E-state index contributed by atoms with van der Waals surface area (Å²) in [6.07, 6.45) is 1.40. The van der Waals surface area contributed by atoms with Gasteiger partial charge in [-0.2, -0.15) is 0 Å². The fourth-order valence-corrected chi connectivity index (χ4v) is 2.53. The van der Waals surface area contributed by atoms with Crippen molar-refractivity contribution < 1.29 is 9.90 Å². The van der Waals surface area contributed by atoms with E-state index in [-0.39, 0.29) is 18.7 Å². The Kier molecular flexibility index (Phi) is 8.49. The van der Waals surface area contributed by atoms with Crippen LogP contribution in [-0.4, -0.2) is 36.1 Å². The van der Waals surface area contributed by atoms with Gasteiger partial charge in [0.15, 0.2) is 0 Å². The molecule has 1 aromatic rings. The Hall–Kier alpha value is -0.910. The third-order valence-corrected chi connectivity index (χ3v) is 4.04. The van der Waals surface area contributed by atoms with Crippen molar-refractivity contribution in [2.45, 2.75) is 30.7 Å². The summed E-state index contributed by atoms with van der Waals surface area (Å²) in [5.41, 5.74) is 0. The summed E-state index contributed by atoms with van der Waals surface area (Å²) in [6, 6.07) is 7.48. The van der Waals surface area contributed by atoms with Crippen molar-refractivity contribution in [3.63, 3.8) is 0 Å². The Bertz CT molecular complexity index is 401. The maximum Gasteiger partial charge on any atom is 0.315 e. The highest BCUT2D eigenvalue weighted by atomic mass is 35.5. The van der Waals surface area contributed by atoms with E-state index >= 15 is 0 Å². The molecule has 0 fully saturated rings. The smallest absolute Gasteiger partial charge is 0.315 e. The van der Waals surface area contributed by atoms with Gasteiger partial charge in [0.25, 0.3) is 0 Å². The second-order valence-corrected chi connectivity index (χ2v) is 5.92. The number of amides is 2. The second kappa shape index (κ2) is 9.91. The molecule has 4 nitrogen and oxygen atoms in total. The number of thioether (sulfide) groups is 1. The van der Waals surface area contributed by atoms with Crippen LogP contribution in [0.5, 0.6) is 0 Å². The molecule has 0 aliphatic carbocycles. The lowest BCUT2D eigenvalue weighted by atomic mass is 10.2. The van der Waals surface area contributed by atoms with Crippen LogP contribution in [0.3, 0.4) is 0 Å². The van der Waals surface area contributed by atoms with Gasteiger partial charge in [-0.05, 0) is 37.1 Å². The second-order valence-electron chi connectivity index (χ2n) is 4.32. The Balaban J connectivity index is 2.17. The lowest BCUT2D eigenvalue weighted by Gasteiger charge is -2.16. The first-order chi connectivity index (χ1) is 9.65. The van der Waals surface area contributed by atoms with E-state index < -0.39 is 0 Å². The molecule has 3 N–H and O–H groups in total. The van der Waals surface area contributed by atoms with E-state index in [1.807, 2.05) is 31.2 Å². The van der Waals surface area contributed by atoms with Crippen LogP contribution in [0, 0.1) is 0 Å². The fraction of sp³-hybridized carbons (Fsp3) is 0.500. The van der Waals surface area contributed by atoms with Crippen molar-refractivity contribution in [3.05, 3.63) is 29.3 Å². The number of halogens is 1. The molecule has 0 aliphatic heterocycles. The molecule has 1 aromatic carbocycles. The highest BCUT2D eigenvalue weighted by Crippen LogP contribution is 2.19. The van der Waals surface area contributed by atoms with Crippen LogP contribution in [0.1, 0.15) is 19.8 Å². The molecule has 0 saturated carbocycles. The molecule has 0 heterocycles. The van der Waals surface area contributed by atoms with Gasteiger partial charge < -0.3 is 15.7 Å². The highest BCUT2D eigenvalue weighted by molar-refractivity contribution is 7.99. The van der Waals surface area contributed by atoms with Gasteiger partial charge in [0.1, 0.15) is 0 Å². The van der Waals surface area contributed by atoms with E-state index in [0.717, 1.165) is 22.1 Å². The third kappa shape index (κ3) is 7.03. The number of carbonyl (C=O) groups excluding carboxylic acids is 1. The Morgan fingerprint density at radius 3 is 2.70 bits per heavy atom. The van der Waals surface area contributed by atoms with Gasteiger partial charge in [0.05, 0.1) is 0 Å². The summed E-state index contributed by atoms with van der Waals surface area (Å²) >= 11 is 7.47. The minimum absolute atomic E-state index is 0.0314. The normalized spacial score (nSPS) is 11.9. The van der Waals surface area contributed by atoms with Crippen LogP contribution in [0.4, 0.5) is 4.79 Å². The maximum absolute atomic E-state index is 11.6. The Morgan fingerprint density at radius 2 is 2.10 bits per heavy atom. The van der Waals surface area contributed by atoms with Gasteiger partial charge in [-0.15, -0.1) is 11.8 Å². The van der Waals surface area contributed by atoms with Crippen molar-refractivity contribution >= 4 is 29.4 Å². The average molecular weight is 317 g/mol. The van der Waals surface area contributed by atoms with Gasteiger partial charge >= 0.3 is 6.03 Å². The predicted molar refractivity (Wildman–Crippen MR) is 84.5 cm³/mol. The van der Waals surface area contributed by atoms with Crippen LogP contribution in [0.25, 0.3) is 0 Å². The topological polar surface area (TPSA) is 61.4 Å². The monoisotopic (exact) mass is 316 g/mol. The number of benzene rings is 1. The lowest BCUT2D eigenvalue weighted by Crippen LogP contribution is -2.42. The zero-order chi connectivity index (χ0) is 14.8. The molecule has 0 spiro atoms. The summed E-state index contributed by atoms with van der Waals surface area (Å²) < 4.78 is 0. The molecule has 112 valence electrons. The molecule has 1 unspecified atom stereocenters. The van der Waals surface area contributed by atoms with Crippen molar-refractivity contribution in [2.75, 3.05) is 18.9 Å². The molecule has 20 heavy (non-hydrogen) atoms. The quantitative estimate of drug-likeness (QED) is 0.510. The minimum Gasteiger partial charge on any atom is -0.396 e. The number of nitrogens with one attached hydrogen (secondary N) is 2. The first-order valence-corrected chi connectivity index (χ1v) is 8.05. The summed E-state index contributed by atoms with van der Waals surface area (Å²) in [4.78, 5) is 12.7. The number of aliphatic hydroxyl groups excluding tert-OH is 1. The lowest BCUT2D eigenvalue weighted by molar-refractivity contribution is 0.228. The number of hydrogen-bond donors (Lipinski definition) is 3. The van der Waals surface area contributed by atoms with E-state index in [1.165, 1.54) is 0 Å². The maximum atomic E-state index is 11.6. The van der Waals surface area contributed by atoms with Gasteiger partial charge in [0.2, 0.25) is 0 Å². The van der Waals surface area contributed by atoms with Crippen LogP contribution >= 0.6 is 23.4 Å². The first kappa shape index (κ1) is 17.1. The Labute approximate surface area is 129 Å². The molecule has 1 atom stereocenters. The van der Waals surface area contributed by atoms with Crippen LogP contribution in [0.15, 0.2) is 29.2 Å². The SMILES string of the molecule is CCC(CCO)NC(=O)NCCSc1ccc(Cl)cc1. The van der Waals surface area contributed by atoms with Crippen LogP contribution in [0.2, 0.25) is 5.02 Å². The predicted octanol–water partition coefficient (Wildman–Crippen LogP) is 2.89. The minimum atomic E-state index is -0.179. The number of hydrogen-bond acceptors (Lipinski definition) is 3. The summed E-state index contributed by atoms with van der Waals surface area (Å²) in [6.45, 7) is 2.66. The molecule has 0 bridgehead atoms. The van der Waals surface area contributed by atoms with E-state index in [0.29, 0.717) is 13.0 Å². The molecule has 1 rings (SSSR count). The third-order valence-electron chi connectivity index (χ3n) is 2.78. The highest BCUT2D eigenvalue weighted by Gasteiger charge is 2.08. The number of carbonyl (C=O) groups is 1. The van der Waals surface area contributed by atoms with Crippen molar-refractivity contribution in [1.29, 1.82) is 0 Å². The van der Waals surface area contributed by atoms with Gasteiger partial charge in [-0.3, -0.25) is 0 Å². The van der Waals surface area contributed by atoms with Crippen molar-refractivity contribution in [3.8, 4) is 0 Å². The van der Waals surface area contributed by atoms with Crippen molar-refractivity contribution in [1.82, 2.24) is 10.6 Å². The summed E-state index contributed by atoms with van der Waals surface area (Å²) in [7, 11) is 0. The zero-order valence-electron chi connectivity index (χ0n) is 11.6. The largest absolute Gasteiger partial charge is 0.396 e. The molecule has 0 aliphatic rings. The first-order valence-electron chi connectivity index (χ1n) is 6.69. The number of aliphatic hydroxyl groups is 1. The molecule has 6 heteroatoms. The molecule has 2 amide bonds. The van der Waals surface area contributed by atoms with Gasteiger partial charge in [-0.1, -0.05) is 18.5 Å². The van der Waals surface area contributed by atoms with Gasteiger partial charge in [-0.25, -0.2) is 4.79 Å². The number of rotatable bonds is 8. The molecular formula is C14H21ClN2O2S.